The molecule has 0 unspecified atom stereocenters. The van der Waals surface area contributed by atoms with Gasteiger partial charge in [-0.2, -0.15) is 18.4 Å². The third-order valence-electron chi connectivity index (χ3n) is 3.85. The third kappa shape index (κ3) is 4.36. The summed E-state index contributed by atoms with van der Waals surface area (Å²) in [6, 6.07) is 17.5. The lowest BCUT2D eigenvalue weighted by Crippen LogP contribution is -2.06. The van der Waals surface area contributed by atoms with Crippen LogP contribution in [-0.4, -0.2) is 10.8 Å². The molecule has 0 radical (unpaired) electrons. The number of rotatable bonds is 5. The summed E-state index contributed by atoms with van der Waals surface area (Å²) in [5, 5.41) is 12.9. The molecule has 0 aliphatic rings. The minimum absolute atomic E-state index is 0.116. The van der Waals surface area contributed by atoms with E-state index in [0.717, 1.165) is 12.1 Å². The van der Waals surface area contributed by atoms with E-state index in [9.17, 15) is 13.2 Å². The third-order valence-corrected chi connectivity index (χ3v) is 3.85. The van der Waals surface area contributed by atoms with Gasteiger partial charge in [-0.3, -0.25) is 0 Å². The van der Waals surface area contributed by atoms with Gasteiger partial charge in [0, 0.05) is 17.4 Å². The van der Waals surface area contributed by atoms with Gasteiger partial charge in [0.05, 0.1) is 29.1 Å². The summed E-state index contributed by atoms with van der Waals surface area (Å²) < 4.78 is 40.3. The summed E-state index contributed by atoms with van der Waals surface area (Å²) in [7, 11) is 0. The molecule has 0 spiro atoms. The smallest absolute Gasteiger partial charge is 0.391 e. The highest BCUT2D eigenvalue weighted by Gasteiger charge is 2.30. The van der Waals surface area contributed by atoms with Crippen molar-refractivity contribution in [3.05, 3.63) is 89.2 Å². The van der Waals surface area contributed by atoms with Gasteiger partial charge in [0.2, 0.25) is 0 Å². The van der Waals surface area contributed by atoms with Crippen molar-refractivity contribution in [2.24, 2.45) is 5.16 Å². The van der Waals surface area contributed by atoms with Gasteiger partial charge in [0.25, 0.3) is 0 Å². The number of aromatic nitrogens is 1. The Morgan fingerprint density at radius 2 is 1.89 bits per heavy atom. The van der Waals surface area contributed by atoms with Crippen LogP contribution in [0, 0.1) is 11.3 Å². The van der Waals surface area contributed by atoms with Gasteiger partial charge < -0.3 is 9.40 Å². The maximum atomic E-state index is 12.9. The zero-order chi connectivity index (χ0) is 19.3. The lowest BCUT2D eigenvalue weighted by Gasteiger charge is -2.11. The largest absolute Gasteiger partial charge is 0.416 e. The first-order chi connectivity index (χ1) is 13.0. The average molecular weight is 369 g/mol. The molecule has 1 aromatic heterocycles. The molecule has 0 bridgehead atoms. The minimum atomic E-state index is -4.41. The van der Waals surface area contributed by atoms with E-state index in [1.54, 1.807) is 53.2 Å². The van der Waals surface area contributed by atoms with Gasteiger partial charge in [-0.1, -0.05) is 29.4 Å². The van der Waals surface area contributed by atoms with Crippen molar-refractivity contribution in [1.29, 1.82) is 5.26 Å². The number of alkyl halides is 3. The fraction of sp³-hybridized carbons (Fsp3) is 0.100. The molecule has 0 saturated carbocycles. The molecule has 136 valence electrons. The van der Waals surface area contributed by atoms with Gasteiger partial charge >= 0.3 is 6.18 Å². The molecule has 0 aliphatic heterocycles. The monoisotopic (exact) mass is 369 g/mol. The van der Waals surface area contributed by atoms with E-state index < -0.39 is 11.7 Å². The maximum absolute atomic E-state index is 12.9. The molecule has 0 N–H and O–H groups in total. The van der Waals surface area contributed by atoms with Crippen LogP contribution in [-0.2, 0) is 17.6 Å². The fourth-order valence-corrected chi connectivity index (χ4v) is 2.52. The van der Waals surface area contributed by atoms with Crippen molar-refractivity contribution in [3.8, 4) is 11.8 Å². The SMILES string of the molecule is N#Cc1ccccc1CO/N=C\c1cccn1-c1cccc(C(F)(F)F)c1. The van der Waals surface area contributed by atoms with Gasteiger partial charge in [0.1, 0.15) is 6.61 Å². The highest BCUT2D eigenvalue weighted by Crippen LogP contribution is 2.30. The molecule has 0 amide bonds. The fourth-order valence-electron chi connectivity index (χ4n) is 2.52. The summed E-state index contributed by atoms with van der Waals surface area (Å²) in [6.07, 6.45) is -1.36. The number of benzene rings is 2. The first-order valence-electron chi connectivity index (χ1n) is 7.97. The van der Waals surface area contributed by atoms with Crippen LogP contribution in [0.1, 0.15) is 22.4 Å². The predicted molar refractivity (Wildman–Crippen MR) is 94.3 cm³/mol. The van der Waals surface area contributed by atoms with E-state index in [1.165, 1.54) is 12.3 Å². The van der Waals surface area contributed by atoms with Gasteiger partial charge in [-0.05, 0) is 36.4 Å². The van der Waals surface area contributed by atoms with E-state index in [0.29, 0.717) is 22.5 Å². The van der Waals surface area contributed by atoms with E-state index in [4.69, 9.17) is 10.1 Å². The Labute approximate surface area is 153 Å². The molecule has 3 aromatic rings. The highest BCUT2D eigenvalue weighted by molar-refractivity contribution is 5.78. The molecule has 7 heteroatoms. The van der Waals surface area contributed by atoms with Gasteiger partial charge in [-0.15, -0.1) is 0 Å². The number of halogens is 3. The molecular formula is C20H14F3N3O. The first kappa shape index (κ1) is 18.3. The molecule has 0 saturated heterocycles. The van der Waals surface area contributed by atoms with Crippen LogP contribution in [0.15, 0.2) is 72.0 Å². The quantitative estimate of drug-likeness (QED) is 0.474. The van der Waals surface area contributed by atoms with Gasteiger partial charge in [-0.25, -0.2) is 0 Å². The van der Waals surface area contributed by atoms with E-state index in [2.05, 4.69) is 11.2 Å². The molecule has 0 fully saturated rings. The van der Waals surface area contributed by atoms with Crippen molar-refractivity contribution >= 4 is 6.21 Å². The second-order valence-corrected chi connectivity index (χ2v) is 5.63. The lowest BCUT2D eigenvalue weighted by molar-refractivity contribution is -0.137. The van der Waals surface area contributed by atoms with Crippen LogP contribution < -0.4 is 0 Å². The summed E-state index contributed by atoms with van der Waals surface area (Å²) in [4.78, 5) is 5.23. The number of nitrogens with zero attached hydrogens (tertiary/aromatic N) is 3. The second-order valence-electron chi connectivity index (χ2n) is 5.63. The van der Waals surface area contributed by atoms with Crippen LogP contribution in [0.25, 0.3) is 5.69 Å². The standard InChI is InChI=1S/C20H14F3N3O/c21-20(22,23)17-7-3-8-18(11-17)26-10-4-9-19(26)13-25-27-14-16-6-2-1-5-15(16)12-24/h1-11,13H,14H2/b25-13-. The Morgan fingerprint density at radius 3 is 2.67 bits per heavy atom. The van der Waals surface area contributed by atoms with Crippen LogP contribution >= 0.6 is 0 Å². The number of hydrogen-bond acceptors (Lipinski definition) is 3. The Bertz CT molecular complexity index is 1000. The maximum Gasteiger partial charge on any atom is 0.416 e. The lowest BCUT2D eigenvalue weighted by atomic mass is 10.1. The molecule has 1 heterocycles. The molecule has 0 aliphatic carbocycles. The molecule has 0 atom stereocenters. The number of oxime groups is 1. The van der Waals surface area contributed by atoms with Crippen molar-refractivity contribution in [2.45, 2.75) is 12.8 Å². The van der Waals surface area contributed by atoms with Crippen molar-refractivity contribution in [2.75, 3.05) is 0 Å². The van der Waals surface area contributed by atoms with Crippen LogP contribution in [0.2, 0.25) is 0 Å². The Balaban J connectivity index is 1.74. The Hall–Kier alpha value is -3.53. The molecule has 3 rings (SSSR count). The topological polar surface area (TPSA) is 50.3 Å². The summed E-state index contributed by atoms with van der Waals surface area (Å²) in [6.45, 7) is 0.116. The summed E-state index contributed by atoms with van der Waals surface area (Å²) in [5.41, 5.74) is 1.40. The summed E-state index contributed by atoms with van der Waals surface area (Å²) in [5.74, 6) is 0. The van der Waals surface area contributed by atoms with Crippen molar-refractivity contribution in [1.82, 2.24) is 4.57 Å². The Morgan fingerprint density at radius 1 is 1.07 bits per heavy atom. The predicted octanol–water partition coefficient (Wildman–Crippen LogP) is 4.92. The second kappa shape index (κ2) is 7.79. The zero-order valence-electron chi connectivity index (χ0n) is 14.0. The number of hydrogen-bond donors (Lipinski definition) is 0. The minimum Gasteiger partial charge on any atom is -0.391 e. The van der Waals surface area contributed by atoms with E-state index >= 15 is 0 Å². The van der Waals surface area contributed by atoms with Crippen molar-refractivity contribution in [3.63, 3.8) is 0 Å². The average Bonchev–Trinajstić information content (AvgIpc) is 3.13. The zero-order valence-corrected chi connectivity index (χ0v) is 14.0. The van der Waals surface area contributed by atoms with Crippen molar-refractivity contribution < 1.29 is 18.0 Å². The van der Waals surface area contributed by atoms with E-state index in [1.807, 2.05) is 0 Å². The molecule has 2 aromatic carbocycles. The van der Waals surface area contributed by atoms with Gasteiger partial charge in [0.15, 0.2) is 0 Å². The molecule has 27 heavy (non-hydrogen) atoms. The highest BCUT2D eigenvalue weighted by atomic mass is 19.4. The van der Waals surface area contributed by atoms with Crippen LogP contribution in [0.5, 0.6) is 0 Å². The Kier molecular flexibility index (Phi) is 5.27. The number of nitriles is 1. The molecular weight excluding hydrogens is 355 g/mol. The van der Waals surface area contributed by atoms with E-state index in [-0.39, 0.29) is 6.61 Å². The normalized spacial score (nSPS) is 11.5. The summed E-state index contributed by atoms with van der Waals surface area (Å²) >= 11 is 0. The van der Waals surface area contributed by atoms with Crippen LogP contribution in [0.3, 0.4) is 0 Å². The first-order valence-corrected chi connectivity index (χ1v) is 7.97. The van der Waals surface area contributed by atoms with Crippen LogP contribution in [0.4, 0.5) is 13.2 Å². The molecule has 4 nitrogen and oxygen atoms in total.